The van der Waals surface area contributed by atoms with Crippen molar-refractivity contribution in [3.05, 3.63) is 47.7 Å². The summed E-state index contributed by atoms with van der Waals surface area (Å²) in [6.45, 7) is 11.7. The molecule has 2 heterocycles. The van der Waals surface area contributed by atoms with E-state index in [0.717, 1.165) is 35.0 Å². The van der Waals surface area contributed by atoms with Crippen LogP contribution in [0.4, 0.5) is 10.6 Å². The number of aromatic nitrogens is 4. The molecule has 2 aromatic heterocycles. The fourth-order valence-electron chi connectivity index (χ4n) is 4.02. The molecule has 154 valence electrons. The number of rotatable bonds is 5. The van der Waals surface area contributed by atoms with Gasteiger partial charge in [0.25, 0.3) is 0 Å². The molecule has 29 heavy (non-hydrogen) atoms. The van der Waals surface area contributed by atoms with Crippen molar-refractivity contribution in [3.63, 3.8) is 0 Å². The molecule has 0 saturated heterocycles. The molecule has 7 heteroatoms. The van der Waals surface area contributed by atoms with Crippen LogP contribution in [-0.2, 0) is 5.54 Å². The molecule has 3 rings (SSSR count). The number of hydrogen-bond donors (Lipinski definition) is 1. The lowest BCUT2D eigenvalue weighted by Crippen LogP contribution is -2.46. The Morgan fingerprint density at radius 1 is 1.17 bits per heavy atom. The smallest absolute Gasteiger partial charge is 0.413 e. The van der Waals surface area contributed by atoms with Crippen molar-refractivity contribution in [2.45, 2.75) is 65.5 Å². The van der Waals surface area contributed by atoms with E-state index < -0.39 is 17.2 Å². The monoisotopic (exact) mass is 395 g/mol. The fourth-order valence-corrected chi connectivity index (χ4v) is 4.02. The minimum atomic E-state index is -1.01. The van der Waals surface area contributed by atoms with Crippen LogP contribution >= 0.6 is 0 Å². The van der Waals surface area contributed by atoms with Crippen molar-refractivity contribution < 1.29 is 9.90 Å². The van der Waals surface area contributed by atoms with Gasteiger partial charge in [-0.25, -0.2) is 14.5 Å². The van der Waals surface area contributed by atoms with Crippen LogP contribution in [0.1, 0.15) is 58.6 Å². The maximum atomic E-state index is 11.9. The summed E-state index contributed by atoms with van der Waals surface area (Å²) in [6.07, 6.45) is 2.38. The van der Waals surface area contributed by atoms with Crippen LogP contribution in [0.3, 0.4) is 0 Å². The lowest BCUT2D eigenvalue weighted by Gasteiger charge is -2.35. The second-order valence-corrected chi connectivity index (χ2v) is 8.38. The lowest BCUT2D eigenvalue weighted by molar-refractivity contribution is 0.195. The van der Waals surface area contributed by atoms with Gasteiger partial charge < -0.3 is 5.11 Å². The summed E-state index contributed by atoms with van der Waals surface area (Å²) < 4.78 is 1.98. The summed E-state index contributed by atoms with van der Waals surface area (Å²) in [5.74, 6) is 0.457. The van der Waals surface area contributed by atoms with Crippen LogP contribution in [-0.4, -0.2) is 36.7 Å². The van der Waals surface area contributed by atoms with E-state index in [1.165, 1.54) is 4.90 Å². The molecule has 1 aromatic carbocycles. The third kappa shape index (κ3) is 3.45. The van der Waals surface area contributed by atoms with Gasteiger partial charge in [0.15, 0.2) is 0 Å². The second kappa shape index (κ2) is 7.46. The van der Waals surface area contributed by atoms with Crippen molar-refractivity contribution >= 4 is 22.9 Å². The molecule has 0 atom stereocenters. The molecule has 3 aromatic rings. The van der Waals surface area contributed by atoms with E-state index in [0.29, 0.717) is 5.82 Å². The van der Waals surface area contributed by atoms with E-state index in [2.05, 4.69) is 29.1 Å². The Balaban J connectivity index is 2.17. The Morgan fingerprint density at radius 3 is 2.38 bits per heavy atom. The summed E-state index contributed by atoms with van der Waals surface area (Å²) in [7, 11) is 0. The molecule has 1 N–H and O–H groups in total. The summed E-state index contributed by atoms with van der Waals surface area (Å²) in [5.41, 5.74) is 2.63. The van der Waals surface area contributed by atoms with Gasteiger partial charge in [-0.3, -0.25) is 4.90 Å². The average molecular weight is 396 g/mol. The van der Waals surface area contributed by atoms with E-state index in [9.17, 15) is 9.90 Å². The fraction of sp³-hybridized carbons (Fsp3) is 0.455. The number of carboxylic acid groups (broad SMARTS) is 1. The van der Waals surface area contributed by atoms with Gasteiger partial charge in [-0.2, -0.15) is 0 Å². The molecule has 0 aliphatic heterocycles. The zero-order valence-electron chi connectivity index (χ0n) is 18.0. The van der Waals surface area contributed by atoms with Gasteiger partial charge in [-0.15, -0.1) is 5.10 Å². The van der Waals surface area contributed by atoms with Crippen LogP contribution in [0, 0.1) is 6.92 Å². The van der Waals surface area contributed by atoms with Crippen molar-refractivity contribution in [2.75, 3.05) is 4.90 Å². The highest BCUT2D eigenvalue weighted by molar-refractivity contribution is 5.87. The van der Waals surface area contributed by atoms with Gasteiger partial charge in [-0.1, -0.05) is 31.2 Å². The largest absolute Gasteiger partial charge is 0.465 e. The molecule has 1 amide bonds. The zero-order valence-corrected chi connectivity index (χ0v) is 18.0. The van der Waals surface area contributed by atoms with Crippen LogP contribution in [0.5, 0.6) is 0 Å². The average Bonchev–Trinajstić information content (AvgIpc) is 3.09. The zero-order chi connectivity index (χ0) is 21.4. The number of pyridine rings is 1. The van der Waals surface area contributed by atoms with Crippen LogP contribution < -0.4 is 4.90 Å². The summed E-state index contributed by atoms with van der Waals surface area (Å²) >= 11 is 0. The minimum absolute atomic E-state index is 0.415. The highest BCUT2D eigenvalue weighted by Crippen LogP contribution is 2.37. The Hall–Kier alpha value is -2.96. The number of benzene rings is 1. The number of carbonyl (C=O) groups is 1. The summed E-state index contributed by atoms with van der Waals surface area (Å²) in [6, 6.07) is 9.95. The summed E-state index contributed by atoms with van der Waals surface area (Å²) in [5, 5.41) is 18.6. The predicted molar refractivity (Wildman–Crippen MR) is 114 cm³/mol. The third-order valence-corrected chi connectivity index (χ3v) is 5.59. The number of para-hydroxylation sites is 1. The van der Waals surface area contributed by atoms with E-state index in [1.807, 2.05) is 62.7 Å². The second-order valence-electron chi connectivity index (χ2n) is 8.38. The standard InChI is InChI=1S/C22H29N5O2/c1-7-22(8-2,27-18-12-10-9-11-17(18)24-25-27)16-13-15(3)19(23-14-16)26(20(28)29)21(4,5)6/h9-14H,7-8H2,1-6H3,(H,28,29). The first-order valence-electron chi connectivity index (χ1n) is 9.97. The highest BCUT2D eigenvalue weighted by atomic mass is 16.4. The first-order valence-corrected chi connectivity index (χ1v) is 9.97. The van der Waals surface area contributed by atoms with E-state index in [4.69, 9.17) is 0 Å². The number of anilines is 1. The van der Waals surface area contributed by atoms with Crippen molar-refractivity contribution in [1.82, 2.24) is 20.0 Å². The van der Waals surface area contributed by atoms with Crippen molar-refractivity contribution in [1.29, 1.82) is 0 Å². The number of nitrogens with zero attached hydrogens (tertiary/aromatic N) is 5. The third-order valence-electron chi connectivity index (χ3n) is 5.59. The van der Waals surface area contributed by atoms with Gasteiger partial charge in [0.2, 0.25) is 0 Å². The van der Waals surface area contributed by atoms with Gasteiger partial charge in [0.1, 0.15) is 11.3 Å². The van der Waals surface area contributed by atoms with E-state index >= 15 is 0 Å². The molecule has 0 aliphatic rings. The molecular weight excluding hydrogens is 366 g/mol. The Morgan fingerprint density at radius 2 is 1.83 bits per heavy atom. The molecule has 7 nitrogen and oxygen atoms in total. The molecule has 0 spiro atoms. The first kappa shape index (κ1) is 20.8. The van der Waals surface area contributed by atoms with Crippen LogP contribution in [0.2, 0.25) is 0 Å². The SMILES string of the molecule is CCC(CC)(c1cnc(N(C(=O)O)C(C)(C)C)c(C)c1)n1nnc2ccccc21. The molecule has 0 unspecified atom stereocenters. The maximum absolute atomic E-state index is 11.9. The molecule has 0 aliphatic carbocycles. The van der Waals surface area contributed by atoms with E-state index in [1.54, 1.807) is 6.20 Å². The molecular formula is C22H29N5O2. The number of amides is 1. The van der Waals surface area contributed by atoms with Crippen molar-refractivity contribution in [2.24, 2.45) is 0 Å². The lowest BCUT2D eigenvalue weighted by atomic mass is 9.84. The first-order chi connectivity index (χ1) is 13.7. The Bertz CT molecular complexity index is 1030. The van der Waals surface area contributed by atoms with Gasteiger partial charge in [-0.05, 0) is 69.9 Å². The Labute approximate surface area is 171 Å². The maximum Gasteiger partial charge on any atom is 0.413 e. The molecule has 0 saturated carbocycles. The quantitative estimate of drug-likeness (QED) is 0.658. The molecule has 0 fully saturated rings. The van der Waals surface area contributed by atoms with Gasteiger partial charge in [0, 0.05) is 11.7 Å². The Kier molecular flexibility index (Phi) is 5.34. The number of fused-ring (bicyclic) bond motifs is 1. The number of hydrogen-bond acceptors (Lipinski definition) is 4. The predicted octanol–water partition coefficient (Wildman–Crippen LogP) is 4.98. The van der Waals surface area contributed by atoms with Gasteiger partial charge >= 0.3 is 6.09 Å². The van der Waals surface area contributed by atoms with Crippen LogP contribution in [0.15, 0.2) is 36.5 Å². The molecule has 0 bridgehead atoms. The normalized spacial score (nSPS) is 12.3. The van der Waals surface area contributed by atoms with Crippen LogP contribution in [0.25, 0.3) is 11.0 Å². The van der Waals surface area contributed by atoms with Crippen molar-refractivity contribution in [3.8, 4) is 0 Å². The topological polar surface area (TPSA) is 84.1 Å². The van der Waals surface area contributed by atoms with E-state index in [-0.39, 0.29) is 0 Å². The minimum Gasteiger partial charge on any atom is -0.465 e. The highest BCUT2D eigenvalue weighted by Gasteiger charge is 2.36. The summed E-state index contributed by atoms with van der Waals surface area (Å²) in [4.78, 5) is 17.8. The molecule has 0 radical (unpaired) electrons. The number of aryl methyl sites for hydroxylation is 1. The van der Waals surface area contributed by atoms with Gasteiger partial charge in [0.05, 0.1) is 11.1 Å².